The number of aliphatic hydroxyl groups excluding tert-OH is 7. The molecule has 0 aromatic rings. The SMILES string of the molecule is CC(=O)[C@@]1(O)[C@@H](O)[C@H](O)[C@@H](CO)O[C@@]1(S)OC1(CO)O[C@H](CO)[C@@H](O)[C@@H]1O. The van der Waals surface area contributed by atoms with E-state index in [-0.39, 0.29) is 0 Å². The largest absolute Gasteiger partial charge is 0.394 e. The topological polar surface area (TPSA) is 207 Å². The van der Waals surface area contributed by atoms with Gasteiger partial charge in [0.05, 0.1) is 13.2 Å². The number of aliphatic hydroxyl groups is 8. The molecule has 2 fully saturated rings. The number of ether oxygens (including phenoxy) is 3. The van der Waals surface area contributed by atoms with E-state index >= 15 is 0 Å². The van der Waals surface area contributed by atoms with E-state index in [1.165, 1.54) is 0 Å². The van der Waals surface area contributed by atoms with Crippen molar-refractivity contribution in [3.63, 3.8) is 0 Å². The standard InChI is InChI=1S/C14H24O12S/c1-5(18)13(23)11(22)9(20)7(3-16)25-14(13,27)26-12(4-17)10(21)8(19)6(2-15)24-12/h6-11,15-17,19-23,27H,2-4H2,1H3/t6-,7-,8-,9-,10+,11+,12?,13-,14-/m1/s1. The Morgan fingerprint density at radius 3 is 1.89 bits per heavy atom. The van der Waals surface area contributed by atoms with Crippen molar-refractivity contribution in [3.05, 3.63) is 0 Å². The van der Waals surface area contributed by atoms with Gasteiger partial charge in [0.25, 0.3) is 5.12 Å². The summed E-state index contributed by atoms with van der Waals surface area (Å²) in [6.07, 6.45) is -10.8. The van der Waals surface area contributed by atoms with Gasteiger partial charge in [-0.3, -0.25) is 4.79 Å². The van der Waals surface area contributed by atoms with Crippen molar-refractivity contribution in [1.29, 1.82) is 0 Å². The maximum Gasteiger partial charge on any atom is 0.258 e. The Morgan fingerprint density at radius 2 is 1.48 bits per heavy atom. The van der Waals surface area contributed by atoms with E-state index in [1.807, 2.05) is 0 Å². The molecule has 0 bridgehead atoms. The van der Waals surface area contributed by atoms with E-state index in [0.717, 1.165) is 6.92 Å². The second-order valence-corrected chi connectivity index (χ2v) is 7.11. The second-order valence-electron chi connectivity index (χ2n) is 6.53. The zero-order chi connectivity index (χ0) is 20.8. The minimum atomic E-state index is -3.03. The molecule has 0 aromatic heterocycles. The van der Waals surface area contributed by atoms with Crippen LogP contribution in [0.4, 0.5) is 0 Å². The number of carbonyl (C=O) groups is 1. The highest BCUT2D eigenvalue weighted by Crippen LogP contribution is 2.47. The van der Waals surface area contributed by atoms with Gasteiger partial charge in [-0.25, -0.2) is 0 Å². The Balaban J connectivity index is 2.50. The van der Waals surface area contributed by atoms with Crippen molar-refractivity contribution in [2.45, 2.75) is 60.1 Å². The van der Waals surface area contributed by atoms with Crippen molar-refractivity contribution < 1.29 is 59.9 Å². The van der Waals surface area contributed by atoms with Crippen molar-refractivity contribution in [3.8, 4) is 0 Å². The summed E-state index contributed by atoms with van der Waals surface area (Å²) in [4.78, 5) is 12.1. The number of Topliss-reactive ketones (excluding diaryl/α,β-unsaturated/α-hetero) is 1. The second kappa shape index (κ2) is 7.78. The summed E-state index contributed by atoms with van der Waals surface area (Å²) in [6, 6.07) is 0. The van der Waals surface area contributed by atoms with Crippen LogP contribution in [0, 0.1) is 0 Å². The summed E-state index contributed by atoms with van der Waals surface area (Å²) in [6.45, 7) is -1.98. The van der Waals surface area contributed by atoms with Gasteiger partial charge in [-0.15, -0.1) is 12.6 Å². The fourth-order valence-electron chi connectivity index (χ4n) is 3.17. The van der Waals surface area contributed by atoms with Crippen molar-refractivity contribution in [2.24, 2.45) is 0 Å². The molecule has 2 heterocycles. The minimum Gasteiger partial charge on any atom is -0.394 e. The monoisotopic (exact) mass is 416 g/mol. The Morgan fingerprint density at radius 1 is 1.00 bits per heavy atom. The Bertz CT molecular complexity index is 564. The van der Waals surface area contributed by atoms with Crippen LogP contribution in [-0.2, 0) is 19.0 Å². The molecule has 9 atom stereocenters. The summed E-state index contributed by atoms with van der Waals surface area (Å²) in [5.74, 6) is -3.69. The molecule has 0 radical (unpaired) electrons. The molecule has 12 nitrogen and oxygen atoms in total. The average molecular weight is 416 g/mol. The molecule has 8 N–H and O–H groups in total. The van der Waals surface area contributed by atoms with Crippen LogP contribution in [0.5, 0.6) is 0 Å². The van der Waals surface area contributed by atoms with Gasteiger partial charge in [-0.1, -0.05) is 0 Å². The number of carbonyl (C=O) groups excluding carboxylic acids is 1. The molecule has 0 aliphatic carbocycles. The fourth-order valence-corrected chi connectivity index (χ4v) is 3.75. The van der Waals surface area contributed by atoms with Gasteiger partial charge >= 0.3 is 0 Å². The molecule has 27 heavy (non-hydrogen) atoms. The van der Waals surface area contributed by atoms with Gasteiger partial charge < -0.3 is 55.1 Å². The van der Waals surface area contributed by atoms with E-state index in [1.54, 1.807) is 0 Å². The van der Waals surface area contributed by atoms with Gasteiger partial charge in [0.2, 0.25) is 11.4 Å². The average Bonchev–Trinajstić information content (AvgIpc) is 2.87. The summed E-state index contributed by atoms with van der Waals surface area (Å²) in [7, 11) is 0. The molecule has 0 aromatic carbocycles. The maximum atomic E-state index is 12.1. The van der Waals surface area contributed by atoms with Gasteiger partial charge in [-0.05, 0) is 6.92 Å². The van der Waals surface area contributed by atoms with Crippen molar-refractivity contribution >= 4 is 18.4 Å². The third kappa shape index (κ3) is 3.31. The van der Waals surface area contributed by atoms with Gasteiger partial charge in [0.1, 0.15) is 43.2 Å². The summed E-state index contributed by atoms with van der Waals surface area (Å²) in [5, 5.41) is 76.5. The first-order chi connectivity index (χ1) is 12.4. The van der Waals surface area contributed by atoms with Crippen LogP contribution in [0.2, 0.25) is 0 Å². The summed E-state index contributed by atoms with van der Waals surface area (Å²) >= 11 is 3.95. The number of rotatable bonds is 6. The first kappa shape index (κ1) is 22.9. The smallest absolute Gasteiger partial charge is 0.258 e. The molecule has 2 rings (SSSR count). The van der Waals surface area contributed by atoms with E-state index in [2.05, 4.69) is 12.6 Å². The quantitative estimate of drug-likeness (QED) is 0.147. The lowest BCUT2D eigenvalue weighted by Crippen LogP contribution is -2.76. The summed E-state index contributed by atoms with van der Waals surface area (Å²) < 4.78 is 15.7. The van der Waals surface area contributed by atoms with Crippen LogP contribution in [0.1, 0.15) is 6.92 Å². The lowest BCUT2D eigenvalue weighted by molar-refractivity contribution is -0.413. The van der Waals surface area contributed by atoms with E-state index < -0.39 is 78.7 Å². The van der Waals surface area contributed by atoms with E-state index in [9.17, 15) is 45.6 Å². The van der Waals surface area contributed by atoms with Crippen LogP contribution >= 0.6 is 12.6 Å². The summed E-state index contributed by atoms with van der Waals surface area (Å²) in [5.41, 5.74) is -3.03. The lowest BCUT2D eigenvalue weighted by Gasteiger charge is -2.53. The number of hydrogen-bond donors (Lipinski definition) is 9. The first-order valence-corrected chi connectivity index (χ1v) is 8.45. The molecule has 158 valence electrons. The van der Waals surface area contributed by atoms with Gasteiger partial charge in [0.15, 0.2) is 5.78 Å². The van der Waals surface area contributed by atoms with Crippen molar-refractivity contribution in [2.75, 3.05) is 19.8 Å². The van der Waals surface area contributed by atoms with Crippen LogP contribution in [0.15, 0.2) is 0 Å². The predicted octanol–water partition coefficient (Wildman–Crippen LogP) is -5.18. The highest BCUT2D eigenvalue weighted by atomic mass is 32.1. The molecule has 13 heteroatoms. The minimum absolute atomic E-state index is 0.776. The Hall–Kier alpha value is -0.420. The fraction of sp³-hybridized carbons (Fsp3) is 0.929. The van der Waals surface area contributed by atoms with E-state index in [4.69, 9.17) is 14.2 Å². The number of hydrogen-bond acceptors (Lipinski definition) is 13. The van der Waals surface area contributed by atoms with Crippen LogP contribution in [0.25, 0.3) is 0 Å². The third-order valence-corrected chi connectivity index (χ3v) is 5.40. The molecular formula is C14H24O12S. The Labute approximate surface area is 158 Å². The van der Waals surface area contributed by atoms with Crippen LogP contribution in [0.3, 0.4) is 0 Å². The zero-order valence-corrected chi connectivity index (χ0v) is 15.1. The molecule has 0 spiro atoms. The predicted molar refractivity (Wildman–Crippen MR) is 86.2 cm³/mol. The molecular weight excluding hydrogens is 392 g/mol. The third-order valence-electron chi connectivity index (χ3n) is 4.86. The van der Waals surface area contributed by atoms with E-state index in [0.29, 0.717) is 0 Å². The molecule has 2 aliphatic heterocycles. The maximum absolute atomic E-state index is 12.1. The molecule has 0 amide bonds. The van der Waals surface area contributed by atoms with Crippen LogP contribution in [-0.4, -0.2) is 120 Å². The molecule has 2 aliphatic rings. The first-order valence-electron chi connectivity index (χ1n) is 8.00. The molecule has 2 saturated heterocycles. The highest BCUT2D eigenvalue weighted by Gasteiger charge is 2.70. The lowest BCUT2D eigenvalue weighted by atomic mass is 9.83. The zero-order valence-electron chi connectivity index (χ0n) is 14.2. The number of ketones is 1. The Kier molecular flexibility index (Phi) is 6.59. The molecule has 1 unspecified atom stereocenters. The van der Waals surface area contributed by atoms with Crippen molar-refractivity contribution in [1.82, 2.24) is 0 Å². The molecule has 0 saturated carbocycles. The number of thiol groups is 1. The highest BCUT2D eigenvalue weighted by molar-refractivity contribution is 7.81. The normalized spacial score (nSPS) is 50.7. The van der Waals surface area contributed by atoms with Gasteiger partial charge in [-0.2, -0.15) is 0 Å². The van der Waals surface area contributed by atoms with Crippen LogP contribution < -0.4 is 0 Å². The van der Waals surface area contributed by atoms with Gasteiger partial charge in [0, 0.05) is 0 Å².